The number of rotatable bonds is 2. The van der Waals surface area contributed by atoms with Crippen molar-refractivity contribution in [2.24, 2.45) is 22.7 Å². The maximum atomic E-state index is 6.04. The first-order valence-electron chi connectivity index (χ1n) is 9.59. The molecule has 4 aliphatic rings. The van der Waals surface area contributed by atoms with E-state index in [2.05, 4.69) is 39.0 Å². The summed E-state index contributed by atoms with van der Waals surface area (Å²) in [6, 6.07) is 0. The van der Waals surface area contributed by atoms with E-state index in [1.165, 1.54) is 31.3 Å². The molecule has 132 valence electrons. The Bertz CT molecular complexity index is 642. The first kappa shape index (κ1) is 16.4. The fraction of sp³-hybridized carbons (Fsp3) is 0.727. The normalized spacial score (nSPS) is 47.0. The van der Waals surface area contributed by atoms with E-state index in [0.717, 1.165) is 24.5 Å². The Labute approximate surface area is 147 Å². The first-order valence-corrected chi connectivity index (χ1v) is 9.59. The average Bonchev–Trinajstić information content (AvgIpc) is 2.86. The highest BCUT2D eigenvalue weighted by atomic mass is 16.5. The zero-order valence-electron chi connectivity index (χ0n) is 15.9. The molecule has 2 nitrogen and oxygen atoms in total. The Morgan fingerprint density at radius 1 is 1.08 bits per heavy atom. The van der Waals surface area contributed by atoms with Gasteiger partial charge in [0.15, 0.2) is 0 Å². The summed E-state index contributed by atoms with van der Waals surface area (Å²) in [6.07, 6.45) is 14.5. The van der Waals surface area contributed by atoms with Crippen LogP contribution in [0.15, 0.2) is 35.1 Å². The lowest BCUT2D eigenvalue weighted by Crippen LogP contribution is -2.49. The molecule has 4 rings (SSSR count). The van der Waals surface area contributed by atoms with Gasteiger partial charge in [-0.05, 0) is 62.5 Å². The summed E-state index contributed by atoms with van der Waals surface area (Å²) in [6.45, 7) is 7.28. The summed E-state index contributed by atoms with van der Waals surface area (Å²) < 4.78 is 11.6. The topological polar surface area (TPSA) is 18.5 Å². The van der Waals surface area contributed by atoms with Crippen molar-refractivity contribution in [1.82, 2.24) is 0 Å². The number of hydrogen-bond donors (Lipinski definition) is 0. The van der Waals surface area contributed by atoms with Crippen LogP contribution < -0.4 is 0 Å². The van der Waals surface area contributed by atoms with Crippen LogP contribution in [0.25, 0.3) is 0 Å². The maximum Gasteiger partial charge on any atom is 0.0958 e. The minimum absolute atomic E-state index is 0.0281. The summed E-state index contributed by atoms with van der Waals surface area (Å²) in [4.78, 5) is 0. The van der Waals surface area contributed by atoms with E-state index < -0.39 is 0 Å². The van der Waals surface area contributed by atoms with Crippen LogP contribution in [0.2, 0.25) is 0 Å². The van der Waals surface area contributed by atoms with Crippen molar-refractivity contribution in [3.8, 4) is 0 Å². The summed E-state index contributed by atoms with van der Waals surface area (Å²) in [5.74, 6) is 2.60. The van der Waals surface area contributed by atoms with Crippen molar-refractivity contribution in [2.45, 2.75) is 64.9 Å². The Hall–Kier alpha value is -1.02. The van der Waals surface area contributed by atoms with Gasteiger partial charge in [0.05, 0.1) is 18.5 Å². The SMILES string of the molecule is COC1=CC2=CCC3C(=CCC4(C)C3CC[C@]4(C)OC)C2(C)CC1. The maximum absolute atomic E-state index is 6.04. The van der Waals surface area contributed by atoms with Gasteiger partial charge in [0.1, 0.15) is 0 Å². The summed E-state index contributed by atoms with van der Waals surface area (Å²) in [5.41, 5.74) is 3.73. The first-order chi connectivity index (χ1) is 11.4. The third-order valence-corrected chi connectivity index (χ3v) is 8.36. The van der Waals surface area contributed by atoms with Crippen LogP contribution in [0.3, 0.4) is 0 Å². The molecule has 0 aromatic rings. The van der Waals surface area contributed by atoms with Gasteiger partial charge in [0.2, 0.25) is 0 Å². The average molecular weight is 328 g/mol. The predicted molar refractivity (Wildman–Crippen MR) is 97.6 cm³/mol. The third kappa shape index (κ3) is 1.92. The molecule has 0 radical (unpaired) electrons. The number of methoxy groups -OCH3 is 2. The minimum Gasteiger partial charge on any atom is -0.501 e. The van der Waals surface area contributed by atoms with Gasteiger partial charge >= 0.3 is 0 Å². The van der Waals surface area contributed by atoms with E-state index in [0.29, 0.717) is 5.92 Å². The van der Waals surface area contributed by atoms with Crippen LogP contribution in [0.5, 0.6) is 0 Å². The molecule has 24 heavy (non-hydrogen) atoms. The van der Waals surface area contributed by atoms with Crippen molar-refractivity contribution in [3.63, 3.8) is 0 Å². The van der Waals surface area contributed by atoms with Crippen LogP contribution in [0.4, 0.5) is 0 Å². The Morgan fingerprint density at radius 3 is 2.58 bits per heavy atom. The van der Waals surface area contributed by atoms with E-state index in [9.17, 15) is 0 Å². The molecule has 1 saturated carbocycles. The molecule has 0 aliphatic heterocycles. The van der Waals surface area contributed by atoms with Gasteiger partial charge in [-0.1, -0.05) is 31.6 Å². The van der Waals surface area contributed by atoms with Crippen molar-refractivity contribution in [1.29, 1.82) is 0 Å². The molecular formula is C22H32O2. The van der Waals surface area contributed by atoms with Gasteiger partial charge < -0.3 is 9.47 Å². The highest BCUT2D eigenvalue weighted by molar-refractivity contribution is 5.45. The summed E-state index contributed by atoms with van der Waals surface area (Å²) >= 11 is 0. The Balaban J connectivity index is 1.74. The lowest BCUT2D eigenvalue weighted by molar-refractivity contribution is -0.0947. The van der Waals surface area contributed by atoms with Crippen molar-refractivity contribution in [3.05, 3.63) is 35.1 Å². The molecule has 2 heteroatoms. The third-order valence-electron chi connectivity index (χ3n) is 8.36. The van der Waals surface area contributed by atoms with Gasteiger partial charge in [-0.25, -0.2) is 0 Å². The zero-order chi connectivity index (χ0) is 17.2. The van der Waals surface area contributed by atoms with Crippen LogP contribution in [0.1, 0.15) is 59.3 Å². The number of fused-ring (bicyclic) bond motifs is 5. The smallest absolute Gasteiger partial charge is 0.0958 e. The van der Waals surface area contributed by atoms with Crippen molar-refractivity contribution < 1.29 is 9.47 Å². The second kappa shape index (κ2) is 5.24. The monoisotopic (exact) mass is 328 g/mol. The highest BCUT2D eigenvalue weighted by Crippen LogP contribution is 2.65. The predicted octanol–water partition coefficient (Wildman–Crippen LogP) is 5.41. The molecule has 0 saturated heterocycles. The molecule has 0 aromatic carbocycles. The molecule has 1 fully saturated rings. The van der Waals surface area contributed by atoms with E-state index in [4.69, 9.17) is 9.47 Å². The molecule has 0 N–H and O–H groups in total. The summed E-state index contributed by atoms with van der Waals surface area (Å²) in [7, 11) is 3.71. The van der Waals surface area contributed by atoms with Gasteiger partial charge in [-0.3, -0.25) is 0 Å². The van der Waals surface area contributed by atoms with Gasteiger partial charge in [0.25, 0.3) is 0 Å². The van der Waals surface area contributed by atoms with E-state index in [1.54, 1.807) is 12.7 Å². The van der Waals surface area contributed by atoms with Gasteiger partial charge in [-0.2, -0.15) is 0 Å². The van der Waals surface area contributed by atoms with E-state index >= 15 is 0 Å². The molecule has 4 aliphatic carbocycles. The lowest BCUT2D eigenvalue weighted by Gasteiger charge is -2.54. The molecule has 0 heterocycles. The lowest BCUT2D eigenvalue weighted by atomic mass is 9.52. The van der Waals surface area contributed by atoms with Crippen molar-refractivity contribution >= 4 is 0 Å². The fourth-order valence-electron chi connectivity index (χ4n) is 6.32. The van der Waals surface area contributed by atoms with Crippen LogP contribution in [0, 0.1) is 22.7 Å². The zero-order valence-corrected chi connectivity index (χ0v) is 15.9. The largest absolute Gasteiger partial charge is 0.501 e. The second-order valence-electron chi connectivity index (χ2n) is 9.01. The number of allylic oxidation sites excluding steroid dienone is 6. The van der Waals surface area contributed by atoms with Gasteiger partial charge in [0, 0.05) is 24.4 Å². The standard InChI is InChI=1S/C22H32O2/c1-20-11-8-16(23-4)14-15(20)6-7-17-18(20)9-12-21(2)19(17)10-13-22(21,3)24-5/h6,9,14,17,19H,7-8,10-13H2,1-5H3/t17?,19?,20?,21?,22-/m0/s1. The minimum atomic E-state index is 0.0281. The highest BCUT2D eigenvalue weighted by Gasteiger charge is 2.60. The van der Waals surface area contributed by atoms with Crippen LogP contribution in [-0.4, -0.2) is 19.8 Å². The molecule has 5 atom stereocenters. The van der Waals surface area contributed by atoms with Crippen LogP contribution >= 0.6 is 0 Å². The molecule has 0 bridgehead atoms. The molecular weight excluding hydrogens is 296 g/mol. The Morgan fingerprint density at radius 2 is 1.88 bits per heavy atom. The molecule has 0 spiro atoms. The number of hydrogen-bond acceptors (Lipinski definition) is 2. The van der Waals surface area contributed by atoms with Crippen LogP contribution in [-0.2, 0) is 9.47 Å². The second-order valence-corrected chi connectivity index (χ2v) is 9.01. The van der Waals surface area contributed by atoms with E-state index in [-0.39, 0.29) is 16.4 Å². The van der Waals surface area contributed by atoms with E-state index in [1.807, 2.05) is 7.11 Å². The van der Waals surface area contributed by atoms with Gasteiger partial charge in [-0.15, -0.1) is 0 Å². The molecule has 4 unspecified atom stereocenters. The molecule has 0 amide bonds. The fourth-order valence-corrected chi connectivity index (χ4v) is 6.32. The van der Waals surface area contributed by atoms with Crippen molar-refractivity contribution in [2.75, 3.05) is 14.2 Å². The quantitative estimate of drug-likeness (QED) is 0.631. The Kier molecular flexibility index (Phi) is 3.59. The molecule has 0 aromatic heterocycles. The number of ether oxygens (including phenoxy) is 2. The summed E-state index contributed by atoms with van der Waals surface area (Å²) in [5, 5.41) is 0.